The molecule has 0 radical (unpaired) electrons. The minimum Gasteiger partial charge on any atom is -0.258 e. The fraction of sp³-hybridized carbons (Fsp3) is 0.267. The SMILES string of the molecule is O=[N+]([O-])c1cccc(C=Cc2nc(C3CCC3)cs2)c1. The highest BCUT2D eigenvalue weighted by atomic mass is 32.1. The molecule has 0 N–H and O–H groups in total. The van der Waals surface area contributed by atoms with Gasteiger partial charge in [0.1, 0.15) is 5.01 Å². The fourth-order valence-electron chi connectivity index (χ4n) is 2.18. The molecular formula is C15H14N2O2S. The van der Waals surface area contributed by atoms with E-state index in [1.54, 1.807) is 23.5 Å². The Balaban J connectivity index is 1.74. The molecule has 1 aliphatic carbocycles. The molecule has 20 heavy (non-hydrogen) atoms. The number of hydrogen-bond donors (Lipinski definition) is 0. The van der Waals surface area contributed by atoms with Gasteiger partial charge in [0.2, 0.25) is 0 Å². The van der Waals surface area contributed by atoms with Crippen molar-refractivity contribution in [2.24, 2.45) is 0 Å². The number of nitrogens with zero attached hydrogens (tertiary/aromatic N) is 2. The van der Waals surface area contributed by atoms with Gasteiger partial charge in [-0.2, -0.15) is 0 Å². The third-order valence-corrected chi connectivity index (χ3v) is 4.39. The Morgan fingerprint density at radius 2 is 2.20 bits per heavy atom. The number of thiazole rings is 1. The van der Waals surface area contributed by atoms with Crippen LogP contribution in [0.25, 0.3) is 12.2 Å². The Hall–Kier alpha value is -2.01. The maximum Gasteiger partial charge on any atom is 0.270 e. The van der Waals surface area contributed by atoms with E-state index in [0.29, 0.717) is 5.92 Å². The highest BCUT2D eigenvalue weighted by Gasteiger charge is 2.21. The lowest BCUT2D eigenvalue weighted by Crippen LogP contribution is -2.08. The van der Waals surface area contributed by atoms with Crippen molar-refractivity contribution in [3.63, 3.8) is 0 Å². The van der Waals surface area contributed by atoms with E-state index in [1.165, 1.54) is 31.0 Å². The Bertz CT molecular complexity index is 659. The number of benzene rings is 1. The monoisotopic (exact) mass is 286 g/mol. The number of aromatic nitrogens is 1. The zero-order chi connectivity index (χ0) is 13.9. The van der Waals surface area contributed by atoms with E-state index < -0.39 is 0 Å². The number of hydrogen-bond acceptors (Lipinski definition) is 4. The lowest BCUT2D eigenvalue weighted by molar-refractivity contribution is -0.384. The summed E-state index contributed by atoms with van der Waals surface area (Å²) in [7, 11) is 0. The van der Waals surface area contributed by atoms with E-state index in [4.69, 9.17) is 0 Å². The molecule has 4 nitrogen and oxygen atoms in total. The van der Waals surface area contributed by atoms with Gasteiger partial charge in [-0.1, -0.05) is 24.6 Å². The summed E-state index contributed by atoms with van der Waals surface area (Å²) in [6, 6.07) is 6.61. The number of nitro benzene ring substituents is 1. The van der Waals surface area contributed by atoms with E-state index in [1.807, 2.05) is 18.2 Å². The van der Waals surface area contributed by atoms with Crippen molar-refractivity contribution in [2.75, 3.05) is 0 Å². The number of non-ortho nitro benzene ring substituents is 1. The first-order valence-electron chi connectivity index (χ1n) is 6.60. The van der Waals surface area contributed by atoms with Crippen molar-refractivity contribution in [3.8, 4) is 0 Å². The van der Waals surface area contributed by atoms with Gasteiger partial charge in [-0.05, 0) is 24.5 Å². The highest BCUT2D eigenvalue weighted by molar-refractivity contribution is 7.10. The molecule has 1 aromatic carbocycles. The van der Waals surface area contributed by atoms with Crippen molar-refractivity contribution in [1.82, 2.24) is 4.98 Å². The third kappa shape index (κ3) is 2.77. The molecule has 0 aliphatic heterocycles. The van der Waals surface area contributed by atoms with Crippen LogP contribution in [-0.4, -0.2) is 9.91 Å². The van der Waals surface area contributed by atoms with E-state index in [2.05, 4.69) is 10.4 Å². The van der Waals surface area contributed by atoms with Crippen LogP contribution in [0.4, 0.5) is 5.69 Å². The van der Waals surface area contributed by atoms with Crippen molar-refractivity contribution >= 4 is 29.2 Å². The molecule has 0 atom stereocenters. The summed E-state index contributed by atoms with van der Waals surface area (Å²) in [5.41, 5.74) is 2.13. The van der Waals surface area contributed by atoms with Crippen LogP contribution in [0, 0.1) is 10.1 Å². The van der Waals surface area contributed by atoms with Gasteiger partial charge in [-0.25, -0.2) is 4.98 Å². The molecule has 0 saturated heterocycles. The van der Waals surface area contributed by atoms with Crippen LogP contribution in [0.5, 0.6) is 0 Å². The molecule has 1 heterocycles. The molecule has 0 amide bonds. The molecule has 1 aliphatic rings. The van der Waals surface area contributed by atoms with E-state index in [9.17, 15) is 10.1 Å². The quantitative estimate of drug-likeness (QED) is 0.614. The van der Waals surface area contributed by atoms with Crippen molar-refractivity contribution in [1.29, 1.82) is 0 Å². The average Bonchev–Trinajstić information content (AvgIpc) is 2.83. The van der Waals surface area contributed by atoms with Gasteiger partial charge in [-0.3, -0.25) is 10.1 Å². The maximum atomic E-state index is 10.7. The Kier molecular flexibility index (Phi) is 3.60. The molecular weight excluding hydrogens is 272 g/mol. The Morgan fingerprint density at radius 1 is 1.35 bits per heavy atom. The average molecular weight is 286 g/mol. The largest absolute Gasteiger partial charge is 0.270 e. The number of rotatable bonds is 4. The van der Waals surface area contributed by atoms with Crippen LogP contribution in [-0.2, 0) is 0 Å². The van der Waals surface area contributed by atoms with Gasteiger partial charge in [0, 0.05) is 23.4 Å². The van der Waals surface area contributed by atoms with Gasteiger partial charge in [0.05, 0.1) is 10.6 Å². The van der Waals surface area contributed by atoms with Crippen LogP contribution in [0.1, 0.15) is 41.4 Å². The smallest absolute Gasteiger partial charge is 0.258 e. The standard InChI is InChI=1S/C15H14N2O2S/c18-17(19)13-6-1-3-11(9-13)7-8-15-16-14(10-20-15)12-4-2-5-12/h1,3,6-10,12H,2,4-5H2. The molecule has 102 valence electrons. The van der Waals surface area contributed by atoms with Gasteiger partial charge >= 0.3 is 0 Å². The van der Waals surface area contributed by atoms with Gasteiger partial charge in [-0.15, -0.1) is 11.3 Å². The summed E-state index contributed by atoms with van der Waals surface area (Å²) < 4.78 is 0. The minimum absolute atomic E-state index is 0.112. The summed E-state index contributed by atoms with van der Waals surface area (Å²) in [4.78, 5) is 14.9. The van der Waals surface area contributed by atoms with Crippen molar-refractivity contribution in [3.05, 3.63) is 56.0 Å². The molecule has 0 bridgehead atoms. The summed E-state index contributed by atoms with van der Waals surface area (Å²) in [5.74, 6) is 0.645. The molecule has 1 saturated carbocycles. The van der Waals surface area contributed by atoms with E-state index in [0.717, 1.165) is 10.6 Å². The highest BCUT2D eigenvalue weighted by Crippen LogP contribution is 2.36. The molecule has 5 heteroatoms. The Morgan fingerprint density at radius 3 is 2.90 bits per heavy atom. The molecule has 0 unspecified atom stereocenters. The predicted molar refractivity (Wildman–Crippen MR) is 80.7 cm³/mol. The van der Waals surface area contributed by atoms with E-state index in [-0.39, 0.29) is 10.6 Å². The summed E-state index contributed by atoms with van der Waals surface area (Å²) in [6.07, 6.45) is 7.60. The summed E-state index contributed by atoms with van der Waals surface area (Å²) >= 11 is 1.63. The molecule has 1 aromatic heterocycles. The summed E-state index contributed by atoms with van der Waals surface area (Å²) in [6.45, 7) is 0. The third-order valence-electron chi connectivity index (χ3n) is 3.56. The van der Waals surface area contributed by atoms with Gasteiger partial charge in [0.25, 0.3) is 5.69 Å². The predicted octanol–water partition coefficient (Wildman–Crippen LogP) is 4.49. The molecule has 1 fully saturated rings. The van der Waals surface area contributed by atoms with Crippen molar-refractivity contribution in [2.45, 2.75) is 25.2 Å². The number of nitro groups is 1. The van der Waals surface area contributed by atoms with Crippen LogP contribution < -0.4 is 0 Å². The second kappa shape index (κ2) is 5.54. The first-order valence-corrected chi connectivity index (χ1v) is 7.48. The summed E-state index contributed by atoms with van der Waals surface area (Å²) in [5, 5.41) is 13.8. The van der Waals surface area contributed by atoms with Crippen LogP contribution in [0.3, 0.4) is 0 Å². The van der Waals surface area contributed by atoms with Crippen molar-refractivity contribution < 1.29 is 4.92 Å². The lowest BCUT2D eigenvalue weighted by atomic mass is 9.83. The lowest BCUT2D eigenvalue weighted by Gasteiger charge is -2.22. The van der Waals surface area contributed by atoms with Crippen LogP contribution in [0.15, 0.2) is 29.6 Å². The van der Waals surface area contributed by atoms with Crippen LogP contribution in [0.2, 0.25) is 0 Å². The second-order valence-electron chi connectivity index (χ2n) is 4.92. The molecule has 0 spiro atoms. The zero-order valence-electron chi connectivity index (χ0n) is 10.9. The van der Waals surface area contributed by atoms with E-state index >= 15 is 0 Å². The molecule has 2 aromatic rings. The second-order valence-corrected chi connectivity index (χ2v) is 5.81. The topological polar surface area (TPSA) is 56.0 Å². The molecule has 3 rings (SSSR count). The first-order chi connectivity index (χ1) is 9.72. The normalized spacial score (nSPS) is 15.4. The minimum atomic E-state index is -0.380. The maximum absolute atomic E-state index is 10.7. The van der Waals surface area contributed by atoms with Gasteiger partial charge < -0.3 is 0 Å². The fourth-order valence-corrected chi connectivity index (χ4v) is 2.97. The zero-order valence-corrected chi connectivity index (χ0v) is 11.7. The Labute approximate surface area is 120 Å². The van der Waals surface area contributed by atoms with Crippen LogP contribution >= 0.6 is 11.3 Å². The van der Waals surface area contributed by atoms with Gasteiger partial charge in [0.15, 0.2) is 0 Å². The first kappa shape index (κ1) is 13.0.